The van der Waals surface area contributed by atoms with Crippen LogP contribution in [0.3, 0.4) is 0 Å². The number of halogens is 4. The topological polar surface area (TPSA) is 90.2 Å². The molecule has 2 aromatic heterocycles. The predicted octanol–water partition coefficient (Wildman–Crippen LogP) is 3.66. The molecule has 0 saturated carbocycles. The van der Waals surface area contributed by atoms with Gasteiger partial charge in [-0.3, -0.25) is 4.68 Å². The third-order valence-electron chi connectivity index (χ3n) is 5.46. The quantitative estimate of drug-likeness (QED) is 0.478. The van der Waals surface area contributed by atoms with E-state index in [4.69, 9.17) is 4.74 Å². The standard InChI is InChI=1S/C21H21F4N5O3S/c1-34(31,32)16-3-4-18(17(22)11-16)33-13-14-12-30(28-19(14)21(23,24)25)15-5-9-29(10-6-15)20-26-7-2-8-27-20/h2-4,7-8,11-12,15H,5-6,9-10,13H2,1H3. The summed E-state index contributed by atoms with van der Waals surface area (Å²) in [5, 5.41) is 3.77. The number of piperidine rings is 1. The van der Waals surface area contributed by atoms with Gasteiger partial charge < -0.3 is 9.64 Å². The minimum absolute atomic E-state index is 0.243. The smallest absolute Gasteiger partial charge is 0.435 e. The molecule has 0 spiro atoms. The van der Waals surface area contributed by atoms with E-state index in [0.717, 1.165) is 24.5 Å². The molecule has 1 saturated heterocycles. The number of nitrogens with zero attached hydrogens (tertiary/aromatic N) is 5. The number of benzene rings is 1. The van der Waals surface area contributed by atoms with Crippen molar-refractivity contribution in [3.8, 4) is 5.75 Å². The first kappa shape index (κ1) is 23.9. The second-order valence-electron chi connectivity index (χ2n) is 7.90. The van der Waals surface area contributed by atoms with Crippen molar-refractivity contribution in [2.75, 3.05) is 24.2 Å². The molecule has 8 nitrogen and oxygen atoms in total. The molecule has 0 atom stereocenters. The van der Waals surface area contributed by atoms with Crippen molar-refractivity contribution in [3.63, 3.8) is 0 Å². The summed E-state index contributed by atoms with van der Waals surface area (Å²) in [5.41, 5.74) is -1.35. The molecular formula is C21H21F4N5O3S. The highest BCUT2D eigenvalue weighted by atomic mass is 32.2. The highest BCUT2D eigenvalue weighted by Crippen LogP contribution is 2.34. The summed E-state index contributed by atoms with van der Waals surface area (Å²) in [7, 11) is -3.64. The number of alkyl halides is 3. The average molecular weight is 499 g/mol. The van der Waals surface area contributed by atoms with E-state index in [-0.39, 0.29) is 22.3 Å². The Kier molecular flexibility index (Phi) is 6.47. The number of hydrogen-bond donors (Lipinski definition) is 0. The van der Waals surface area contributed by atoms with E-state index in [1.54, 1.807) is 18.5 Å². The van der Waals surface area contributed by atoms with Crippen molar-refractivity contribution in [2.45, 2.75) is 36.6 Å². The Morgan fingerprint density at radius 1 is 1.15 bits per heavy atom. The molecule has 13 heteroatoms. The van der Waals surface area contributed by atoms with Crippen LogP contribution in [0.2, 0.25) is 0 Å². The molecule has 0 aliphatic carbocycles. The molecule has 182 valence electrons. The van der Waals surface area contributed by atoms with Crippen molar-refractivity contribution >= 4 is 15.8 Å². The molecule has 1 aliphatic heterocycles. The van der Waals surface area contributed by atoms with Gasteiger partial charge in [0, 0.05) is 43.5 Å². The van der Waals surface area contributed by atoms with E-state index in [9.17, 15) is 26.0 Å². The van der Waals surface area contributed by atoms with Crippen LogP contribution in [-0.2, 0) is 22.6 Å². The zero-order chi connectivity index (χ0) is 24.5. The van der Waals surface area contributed by atoms with Crippen LogP contribution in [0, 0.1) is 5.82 Å². The molecule has 1 aliphatic rings. The van der Waals surface area contributed by atoms with Crippen LogP contribution in [0.1, 0.15) is 30.1 Å². The number of sulfone groups is 1. The van der Waals surface area contributed by atoms with Crippen LogP contribution in [0.15, 0.2) is 47.8 Å². The molecular weight excluding hydrogens is 478 g/mol. The predicted molar refractivity (Wildman–Crippen MR) is 114 cm³/mol. The van der Waals surface area contributed by atoms with Crippen LogP contribution in [0.25, 0.3) is 0 Å². The number of hydrogen-bond acceptors (Lipinski definition) is 7. The molecule has 0 radical (unpaired) electrons. The third kappa shape index (κ3) is 5.29. The number of ether oxygens (including phenoxy) is 1. The molecule has 1 aromatic carbocycles. The molecule has 3 aromatic rings. The van der Waals surface area contributed by atoms with E-state index >= 15 is 0 Å². The SMILES string of the molecule is CS(=O)(=O)c1ccc(OCc2cn(C3CCN(c4ncccn4)CC3)nc2C(F)(F)F)c(F)c1. The van der Waals surface area contributed by atoms with Crippen molar-refractivity contribution < 1.29 is 30.7 Å². The molecule has 3 heterocycles. The van der Waals surface area contributed by atoms with Crippen LogP contribution in [0.4, 0.5) is 23.5 Å². The average Bonchev–Trinajstić information content (AvgIpc) is 3.23. The van der Waals surface area contributed by atoms with Gasteiger partial charge in [-0.05, 0) is 37.1 Å². The molecule has 1 fully saturated rings. The fourth-order valence-electron chi connectivity index (χ4n) is 3.73. The lowest BCUT2D eigenvalue weighted by molar-refractivity contribution is -0.142. The third-order valence-corrected chi connectivity index (χ3v) is 6.57. The van der Waals surface area contributed by atoms with Gasteiger partial charge in [-0.15, -0.1) is 0 Å². The van der Waals surface area contributed by atoms with E-state index < -0.39 is 34.1 Å². The first-order valence-corrected chi connectivity index (χ1v) is 12.2. The van der Waals surface area contributed by atoms with Crippen LogP contribution >= 0.6 is 0 Å². The second-order valence-corrected chi connectivity index (χ2v) is 9.92. The van der Waals surface area contributed by atoms with Gasteiger partial charge in [0.2, 0.25) is 5.95 Å². The lowest BCUT2D eigenvalue weighted by atomic mass is 10.1. The monoisotopic (exact) mass is 499 g/mol. The lowest BCUT2D eigenvalue weighted by Crippen LogP contribution is -2.35. The largest absolute Gasteiger partial charge is 0.486 e. The molecule has 0 bridgehead atoms. The first-order chi connectivity index (χ1) is 16.0. The Morgan fingerprint density at radius 3 is 2.41 bits per heavy atom. The van der Waals surface area contributed by atoms with Gasteiger partial charge >= 0.3 is 6.18 Å². The van der Waals surface area contributed by atoms with Gasteiger partial charge in [-0.1, -0.05) is 0 Å². The van der Waals surface area contributed by atoms with Gasteiger partial charge in [0.05, 0.1) is 10.9 Å². The zero-order valence-electron chi connectivity index (χ0n) is 18.0. The summed E-state index contributed by atoms with van der Waals surface area (Å²) in [6.07, 6.45) is 1.80. The number of anilines is 1. The van der Waals surface area contributed by atoms with E-state index in [1.165, 1.54) is 10.9 Å². The van der Waals surface area contributed by atoms with Gasteiger partial charge in [0.1, 0.15) is 6.61 Å². The summed E-state index contributed by atoms with van der Waals surface area (Å²) < 4.78 is 84.7. The minimum atomic E-state index is -4.72. The van der Waals surface area contributed by atoms with Crippen molar-refractivity contribution in [1.82, 2.24) is 19.7 Å². The molecule has 0 N–H and O–H groups in total. The van der Waals surface area contributed by atoms with Gasteiger partial charge in [-0.25, -0.2) is 22.8 Å². The maximum atomic E-state index is 14.2. The highest BCUT2D eigenvalue weighted by Gasteiger charge is 2.38. The molecule has 4 rings (SSSR count). The van der Waals surface area contributed by atoms with Crippen molar-refractivity contribution in [3.05, 3.63) is 59.9 Å². The molecule has 0 amide bonds. The maximum absolute atomic E-state index is 14.2. The summed E-state index contributed by atoms with van der Waals surface area (Å²) in [4.78, 5) is 10.1. The van der Waals surface area contributed by atoms with Crippen LogP contribution < -0.4 is 9.64 Å². The Labute approximate surface area is 193 Å². The van der Waals surface area contributed by atoms with Gasteiger partial charge in [0.15, 0.2) is 27.1 Å². The Morgan fingerprint density at radius 2 is 1.82 bits per heavy atom. The summed E-state index contributed by atoms with van der Waals surface area (Å²) in [6.45, 7) is 0.528. The van der Waals surface area contributed by atoms with E-state index in [0.29, 0.717) is 31.9 Å². The molecule has 34 heavy (non-hydrogen) atoms. The Balaban J connectivity index is 1.49. The lowest BCUT2D eigenvalue weighted by Gasteiger charge is -2.32. The highest BCUT2D eigenvalue weighted by molar-refractivity contribution is 7.90. The van der Waals surface area contributed by atoms with Crippen LogP contribution in [-0.4, -0.2) is 47.5 Å². The summed E-state index contributed by atoms with van der Waals surface area (Å²) >= 11 is 0. The number of aromatic nitrogens is 4. The molecule has 0 unspecified atom stereocenters. The fraction of sp³-hybridized carbons (Fsp3) is 0.381. The second kappa shape index (κ2) is 9.20. The fourth-order valence-corrected chi connectivity index (χ4v) is 4.36. The summed E-state index contributed by atoms with van der Waals surface area (Å²) in [6, 6.07) is 4.41. The van der Waals surface area contributed by atoms with Crippen molar-refractivity contribution in [2.24, 2.45) is 0 Å². The zero-order valence-corrected chi connectivity index (χ0v) is 18.9. The van der Waals surface area contributed by atoms with Gasteiger partial charge in [0.25, 0.3) is 0 Å². The normalized spacial score (nSPS) is 15.5. The van der Waals surface area contributed by atoms with E-state index in [1.807, 2.05) is 4.90 Å². The minimum Gasteiger partial charge on any atom is -0.486 e. The van der Waals surface area contributed by atoms with E-state index in [2.05, 4.69) is 15.1 Å². The van der Waals surface area contributed by atoms with Gasteiger partial charge in [-0.2, -0.15) is 18.3 Å². The Hall–Kier alpha value is -3.22. The summed E-state index contributed by atoms with van der Waals surface area (Å²) in [5.74, 6) is -0.778. The maximum Gasteiger partial charge on any atom is 0.435 e. The van der Waals surface area contributed by atoms with Crippen LogP contribution in [0.5, 0.6) is 5.75 Å². The number of rotatable bonds is 6. The Bertz CT molecular complexity index is 1260. The van der Waals surface area contributed by atoms with Crippen molar-refractivity contribution in [1.29, 1.82) is 0 Å². The first-order valence-electron chi connectivity index (χ1n) is 10.3.